The first kappa shape index (κ1) is 19.5. The van der Waals surface area contributed by atoms with E-state index in [1.807, 2.05) is 22.8 Å². The second-order valence-electron chi connectivity index (χ2n) is 8.19. The lowest BCUT2D eigenvalue weighted by Crippen LogP contribution is -2.25. The van der Waals surface area contributed by atoms with Gasteiger partial charge in [0, 0.05) is 30.9 Å². The molecule has 29 heavy (non-hydrogen) atoms. The van der Waals surface area contributed by atoms with Crippen LogP contribution in [0.5, 0.6) is 0 Å². The van der Waals surface area contributed by atoms with Crippen LogP contribution in [0.3, 0.4) is 0 Å². The molecule has 152 valence electrons. The number of hydrogen-bond donors (Lipinski definition) is 2. The maximum atomic E-state index is 4.78. The van der Waals surface area contributed by atoms with Gasteiger partial charge < -0.3 is 15.5 Å². The van der Waals surface area contributed by atoms with Crippen molar-refractivity contribution >= 4 is 17.2 Å². The minimum atomic E-state index is 0.809. The summed E-state index contributed by atoms with van der Waals surface area (Å²) in [5, 5.41) is 11.6. The Labute approximate surface area is 172 Å². The Kier molecular flexibility index (Phi) is 5.53. The highest BCUT2D eigenvalue weighted by Gasteiger charge is 2.21. The third-order valence-electron chi connectivity index (χ3n) is 5.38. The van der Waals surface area contributed by atoms with Gasteiger partial charge in [-0.05, 0) is 69.1 Å². The average molecular weight is 391 g/mol. The summed E-state index contributed by atoms with van der Waals surface area (Å²) in [7, 11) is 4.14. The highest BCUT2D eigenvalue weighted by atomic mass is 15.3. The number of nitrogens with one attached hydrogen (secondary N) is 2. The Hall–Kier alpha value is -2.86. The van der Waals surface area contributed by atoms with E-state index >= 15 is 0 Å². The highest BCUT2D eigenvalue weighted by molar-refractivity contribution is 5.71. The molecule has 0 spiro atoms. The zero-order valence-electron chi connectivity index (χ0n) is 17.6. The van der Waals surface area contributed by atoms with Crippen molar-refractivity contribution in [1.29, 1.82) is 0 Å². The number of fused-ring (bicyclic) bond motifs is 1. The molecule has 6 nitrogen and oxygen atoms in total. The summed E-state index contributed by atoms with van der Waals surface area (Å²) in [5.41, 5.74) is 6.23. The topological polar surface area (TPSA) is 57.5 Å². The summed E-state index contributed by atoms with van der Waals surface area (Å²) in [4.78, 5) is 6.69. The molecule has 1 fully saturated rings. The molecule has 2 aromatic heterocycles. The largest absolute Gasteiger partial charge is 0.384 e. The smallest absolute Gasteiger partial charge is 0.154 e. The third kappa shape index (κ3) is 4.59. The van der Waals surface area contributed by atoms with Crippen molar-refractivity contribution in [2.75, 3.05) is 39.0 Å². The summed E-state index contributed by atoms with van der Waals surface area (Å²) in [5.74, 6) is 1.71. The predicted molar refractivity (Wildman–Crippen MR) is 120 cm³/mol. The number of hydrogen-bond acceptors (Lipinski definition) is 5. The van der Waals surface area contributed by atoms with Crippen LogP contribution in [0.15, 0.2) is 43.1 Å². The van der Waals surface area contributed by atoms with Gasteiger partial charge in [-0.15, -0.1) is 5.10 Å². The second-order valence-corrected chi connectivity index (χ2v) is 8.19. The van der Waals surface area contributed by atoms with Gasteiger partial charge in [0.05, 0.1) is 11.9 Å². The molecule has 1 aromatic carbocycles. The molecule has 0 saturated heterocycles. The quantitative estimate of drug-likeness (QED) is 0.584. The van der Waals surface area contributed by atoms with Crippen molar-refractivity contribution in [2.24, 2.45) is 5.92 Å². The number of nitrogens with zero attached hydrogens (tertiary/aromatic N) is 4. The van der Waals surface area contributed by atoms with Crippen LogP contribution >= 0.6 is 0 Å². The van der Waals surface area contributed by atoms with Crippen molar-refractivity contribution in [3.8, 4) is 11.3 Å². The molecule has 1 aliphatic rings. The van der Waals surface area contributed by atoms with Gasteiger partial charge in [-0.3, -0.25) is 0 Å². The first-order chi connectivity index (χ1) is 14.0. The predicted octanol–water partition coefficient (Wildman–Crippen LogP) is 3.65. The van der Waals surface area contributed by atoms with Crippen molar-refractivity contribution in [3.05, 3.63) is 54.2 Å². The van der Waals surface area contributed by atoms with Gasteiger partial charge in [-0.1, -0.05) is 18.7 Å². The Bertz CT molecular complexity index is 1020. The Morgan fingerprint density at radius 1 is 1.24 bits per heavy atom. The lowest BCUT2D eigenvalue weighted by molar-refractivity contribution is 0.411. The number of likely N-dealkylation sites (N-methyl/N-ethyl adjacent to an activating group) is 1. The molecule has 0 bridgehead atoms. The van der Waals surface area contributed by atoms with Crippen molar-refractivity contribution < 1.29 is 0 Å². The van der Waals surface area contributed by atoms with Crippen LogP contribution in [0.4, 0.5) is 5.82 Å². The molecule has 1 saturated carbocycles. The zero-order valence-corrected chi connectivity index (χ0v) is 17.6. The molecule has 0 aliphatic heterocycles. The lowest BCUT2D eigenvalue weighted by atomic mass is 10.0. The van der Waals surface area contributed by atoms with Crippen molar-refractivity contribution in [2.45, 2.75) is 19.8 Å². The van der Waals surface area contributed by atoms with E-state index in [2.05, 4.69) is 66.3 Å². The van der Waals surface area contributed by atoms with E-state index in [0.29, 0.717) is 0 Å². The van der Waals surface area contributed by atoms with Gasteiger partial charge in [0.15, 0.2) is 5.65 Å². The average Bonchev–Trinajstić information content (AvgIpc) is 3.44. The molecule has 3 aromatic rings. The van der Waals surface area contributed by atoms with Crippen LogP contribution in [0, 0.1) is 12.8 Å². The van der Waals surface area contributed by atoms with E-state index in [-0.39, 0.29) is 0 Å². The summed E-state index contributed by atoms with van der Waals surface area (Å²) < 4.78 is 1.93. The van der Waals surface area contributed by atoms with Crippen LogP contribution in [-0.2, 0) is 0 Å². The molecule has 4 rings (SSSR count). The first-order valence-corrected chi connectivity index (χ1v) is 10.3. The molecule has 6 heteroatoms. The normalized spacial score (nSPS) is 13.8. The standard InChI is InChI=1S/C23H30N6/c1-16-13-19(17(2)24-11-12-28(3)4)7-8-20(16)21-15-26-23-10-9-22(27-29(21)23)25-14-18-5-6-18/h7-10,13,15,18,24H,2,5-6,11-12,14H2,1,3-4H3,(H,25,27). The van der Waals surface area contributed by atoms with Crippen molar-refractivity contribution in [1.82, 2.24) is 24.8 Å². The van der Waals surface area contributed by atoms with Crippen molar-refractivity contribution in [3.63, 3.8) is 0 Å². The Morgan fingerprint density at radius 3 is 2.79 bits per heavy atom. The van der Waals surface area contributed by atoms with E-state index in [1.165, 1.54) is 18.4 Å². The van der Waals surface area contributed by atoms with Crippen LogP contribution in [0.25, 0.3) is 22.6 Å². The molecule has 0 atom stereocenters. The molecular formula is C23H30N6. The summed E-state index contributed by atoms with van der Waals surface area (Å²) >= 11 is 0. The third-order valence-corrected chi connectivity index (χ3v) is 5.38. The zero-order chi connectivity index (χ0) is 20.4. The van der Waals surface area contributed by atoms with E-state index < -0.39 is 0 Å². The molecule has 2 heterocycles. The second kappa shape index (κ2) is 8.25. The monoisotopic (exact) mass is 390 g/mol. The van der Waals surface area contributed by atoms with Crippen LogP contribution in [0.1, 0.15) is 24.0 Å². The Morgan fingerprint density at radius 2 is 2.07 bits per heavy atom. The van der Waals surface area contributed by atoms with Gasteiger partial charge >= 0.3 is 0 Å². The van der Waals surface area contributed by atoms with E-state index in [1.54, 1.807) is 0 Å². The number of rotatable bonds is 9. The molecule has 2 N–H and O–H groups in total. The fourth-order valence-electron chi connectivity index (χ4n) is 3.39. The number of aryl methyl sites for hydroxylation is 1. The van der Waals surface area contributed by atoms with E-state index in [9.17, 15) is 0 Å². The first-order valence-electron chi connectivity index (χ1n) is 10.3. The number of imidazole rings is 1. The highest BCUT2D eigenvalue weighted by Crippen LogP contribution is 2.29. The Balaban J connectivity index is 1.55. The SMILES string of the molecule is C=C(NCCN(C)C)c1ccc(-c2cnc3ccc(NCC4CC4)nn23)c(C)c1. The minimum absolute atomic E-state index is 0.809. The van der Waals surface area contributed by atoms with E-state index in [0.717, 1.165) is 59.5 Å². The summed E-state index contributed by atoms with van der Waals surface area (Å²) in [6.07, 6.45) is 4.55. The van der Waals surface area contributed by atoms with Gasteiger partial charge in [0.25, 0.3) is 0 Å². The fraction of sp³-hybridized carbons (Fsp3) is 0.391. The molecular weight excluding hydrogens is 360 g/mol. The van der Waals surface area contributed by atoms with Gasteiger partial charge in [0.2, 0.25) is 0 Å². The maximum absolute atomic E-state index is 4.78. The van der Waals surface area contributed by atoms with Crippen LogP contribution < -0.4 is 10.6 Å². The number of benzene rings is 1. The number of anilines is 1. The number of aromatic nitrogens is 3. The van der Waals surface area contributed by atoms with Gasteiger partial charge in [0.1, 0.15) is 5.82 Å². The van der Waals surface area contributed by atoms with Gasteiger partial charge in [-0.2, -0.15) is 0 Å². The molecule has 0 radical (unpaired) electrons. The minimum Gasteiger partial charge on any atom is -0.384 e. The summed E-state index contributed by atoms with van der Waals surface area (Å²) in [6, 6.07) is 10.5. The molecule has 0 amide bonds. The fourth-order valence-corrected chi connectivity index (χ4v) is 3.39. The van der Waals surface area contributed by atoms with Crippen LogP contribution in [0.2, 0.25) is 0 Å². The van der Waals surface area contributed by atoms with E-state index in [4.69, 9.17) is 5.10 Å². The maximum Gasteiger partial charge on any atom is 0.154 e. The lowest BCUT2D eigenvalue weighted by Gasteiger charge is -2.15. The summed E-state index contributed by atoms with van der Waals surface area (Å²) in [6.45, 7) is 9.16. The van der Waals surface area contributed by atoms with Crippen LogP contribution in [-0.4, -0.2) is 53.2 Å². The molecule has 0 unspecified atom stereocenters. The molecule has 1 aliphatic carbocycles. The van der Waals surface area contributed by atoms with Gasteiger partial charge in [-0.25, -0.2) is 9.50 Å².